The lowest BCUT2D eigenvalue weighted by Crippen LogP contribution is -2.36. The second-order valence-electron chi connectivity index (χ2n) is 4.60. The molecule has 110 valence electrons. The summed E-state index contributed by atoms with van der Waals surface area (Å²) < 4.78 is 12.3. The fourth-order valence-corrected chi connectivity index (χ4v) is 3.21. The Morgan fingerprint density at radius 1 is 1.16 bits per heavy atom. The summed E-state index contributed by atoms with van der Waals surface area (Å²) in [6, 6.07) is 3.89. The fraction of sp³-hybridized carbons (Fsp3) is 0.667. The van der Waals surface area contributed by atoms with Crippen molar-refractivity contribution in [1.82, 2.24) is 9.88 Å². The van der Waals surface area contributed by atoms with Crippen LogP contribution in [0.5, 0.6) is 11.8 Å². The van der Waals surface area contributed by atoms with Crippen LogP contribution in [0.25, 0.3) is 0 Å². The van der Waals surface area contributed by atoms with Crippen molar-refractivity contribution >= 4 is 8.56 Å². The molecule has 0 saturated carbocycles. The monoisotopic (exact) mass is 288 g/mol. The maximum Gasteiger partial charge on any atom is 0.334 e. The van der Waals surface area contributed by atoms with Crippen molar-refractivity contribution in [3.05, 3.63) is 12.1 Å². The first-order valence-corrected chi connectivity index (χ1v) is 8.93. The SMILES string of the molecule is CO[Si](C)(CCCNCCn1c(O)ccc1O)OC. The second kappa shape index (κ2) is 7.54. The summed E-state index contributed by atoms with van der Waals surface area (Å²) in [7, 11) is 1.44. The van der Waals surface area contributed by atoms with Crippen LogP contribution in [-0.2, 0) is 15.4 Å². The summed E-state index contributed by atoms with van der Waals surface area (Å²) in [5.74, 6) is 0.163. The van der Waals surface area contributed by atoms with Crippen molar-refractivity contribution in [2.45, 2.75) is 25.6 Å². The van der Waals surface area contributed by atoms with Crippen LogP contribution in [0, 0.1) is 0 Å². The third-order valence-electron chi connectivity index (χ3n) is 3.29. The minimum Gasteiger partial charge on any atom is -0.494 e. The first kappa shape index (κ1) is 16.0. The van der Waals surface area contributed by atoms with E-state index < -0.39 is 8.56 Å². The smallest absolute Gasteiger partial charge is 0.334 e. The molecule has 1 rings (SSSR count). The van der Waals surface area contributed by atoms with Crippen LogP contribution in [0.3, 0.4) is 0 Å². The van der Waals surface area contributed by atoms with Gasteiger partial charge in [0.05, 0.1) is 0 Å². The molecular weight excluding hydrogens is 264 g/mol. The molecule has 3 N–H and O–H groups in total. The van der Waals surface area contributed by atoms with Crippen LogP contribution in [-0.4, -0.2) is 50.7 Å². The summed E-state index contributed by atoms with van der Waals surface area (Å²) in [5, 5.41) is 22.2. The van der Waals surface area contributed by atoms with Crippen molar-refractivity contribution in [3.8, 4) is 11.8 Å². The molecule has 19 heavy (non-hydrogen) atoms. The Balaban J connectivity index is 2.15. The van der Waals surface area contributed by atoms with E-state index in [2.05, 4.69) is 5.32 Å². The molecule has 6 nitrogen and oxygen atoms in total. The molecule has 0 aliphatic heterocycles. The maximum absolute atomic E-state index is 9.45. The van der Waals surface area contributed by atoms with Gasteiger partial charge >= 0.3 is 8.56 Å². The molecular formula is C12H24N2O4Si. The third-order valence-corrected chi connectivity index (χ3v) is 6.28. The molecule has 0 bridgehead atoms. The van der Waals surface area contributed by atoms with Gasteiger partial charge in [-0.05, 0) is 25.6 Å². The van der Waals surface area contributed by atoms with E-state index >= 15 is 0 Å². The lowest BCUT2D eigenvalue weighted by molar-refractivity contribution is 0.248. The summed E-state index contributed by atoms with van der Waals surface area (Å²) in [6.07, 6.45) is 0.980. The zero-order chi connectivity index (χ0) is 14.3. The number of rotatable bonds is 9. The summed E-state index contributed by atoms with van der Waals surface area (Å²) in [4.78, 5) is 0. The number of aromatic nitrogens is 1. The zero-order valence-electron chi connectivity index (χ0n) is 11.8. The normalized spacial score (nSPS) is 11.9. The third kappa shape index (κ3) is 4.87. The number of aromatic hydroxyl groups is 2. The minimum atomic E-state index is -1.95. The van der Waals surface area contributed by atoms with Gasteiger partial charge < -0.3 is 24.4 Å². The van der Waals surface area contributed by atoms with Gasteiger partial charge in [-0.15, -0.1) is 0 Å². The van der Waals surface area contributed by atoms with Crippen molar-refractivity contribution in [3.63, 3.8) is 0 Å². The number of nitrogens with zero attached hydrogens (tertiary/aromatic N) is 1. The Labute approximate surface area is 115 Å². The molecule has 1 aromatic rings. The average molecular weight is 288 g/mol. The quantitative estimate of drug-likeness (QED) is 0.471. The minimum absolute atomic E-state index is 0.0815. The molecule has 0 atom stereocenters. The van der Waals surface area contributed by atoms with Crippen LogP contribution >= 0.6 is 0 Å². The first-order chi connectivity index (χ1) is 9.02. The largest absolute Gasteiger partial charge is 0.494 e. The highest BCUT2D eigenvalue weighted by molar-refractivity contribution is 6.65. The highest BCUT2D eigenvalue weighted by atomic mass is 28.4. The Bertz CT molecular complexity index is 360. The van der Waals surface area contributed by atoms with Gasteiger partial charge in [0, 0.05) is 39.4 Å². The van der Waals surface area contributed by atoms with Crippen LogP contribution < -0.4 is 5.32 Å². The molecule has 0 amide bonds. The van der Waals surface area contributed by atoms with E-state index in [4.69, 9.17) is 8.85 Å². The fourth-order valence-electron chi connectivity index (χ4n) is 1.81. The van der Waals surface area contributed by atoms with Crippen molar-refractivity contribution in [2.24, 2.45) is 0 Å². The van der Waals surface area contributed by atoms with Crippen LogP contribution in [0.1, 0.15) is 6.42 Å². The number of hydrogen-bond acceptors (Lipinski definition) is 5. The lowest BCUT2D eigenvalue weighted by atomic mass is 10.4. The molecule has 7 heteroatoms. The second-order valence-corrected chi connectivity index (χ2v) is 8.18. The van der Waals surface area contributed by atoms with Gasteiger partial charge in [-0.3, -0.25) is 4.57 Å². The summed E-state index contributed by atoms with van der Waals surface area (Å²) >= 11 is 0. The van der Waals surface area contributed by atoms with Crippen LogP contribution in [0.15, 0.2) is 12.1 Å². The molecule has 0 aliphatic rings. The van der Waals surface area contributed by atoms with E-state index in [-0.39, 0.29) is 11.8 Å². The van der Waals surface area contributed by atoms with Gasteiger partial charge in [0.2, 0.25) is 0 Å². The molecule has 0 radical (unpaired) electrons. The Morgan fingerprint density at radius 3 is 2.26 bits per heavy atom. The van der Waals surface area contributed by atoms with E-state index in [1.165, 1.54) is 16.7 Å². The van der Waals surface area contributed by atoms with Crippen molar-refractivity contribution < 1.29 is 19.1 Å². The Kier molecular flexibility index (Phi) is 6.36. The standard InChI is InChI=1S/C12H24N2O4Si/c1-17-19(3,18-2)10-4-7-13-8-9-14-11(15)5-6-12(14)16/h5-6,13,15-16H,4,7-10H2,1-3H3. The molecule has 0 spiro atoms. The molecule has 0 aromatic carbocycles. The van der Waals surface area contributed by atoms with Gasteiger partial charge in [-0.1, -0.05) is 0 Å². The first-order valence-electron chi connectivity index (χ1n) is 6.41. The predicted molar refractivity (Wildman–Crippen MR) is 75.7 cm³/mol. The maximum atomic E-state index is 9.45. The Hall–Kier alpha value is -1.02. The van der Waals surface area contributed by atoms with E-state index in [0.29, 0.717) is 13.1 Å². The van der Waals surface area contributed by atoms with Crippen LogP contribution in [0.4, 0.5) is 0 Å². The molecule has 0 unspecified atom stereocenters. The van der Waals surface area contributed by atoms with Gasteiger partial charge in [-0.2, -0.15) is 0 Å². The summed E-state index contributed by atoms with van der Waals surface area (Å²) in [5.41, 5.74) is 0. The lowest BCUT2D eigenvalue weighted by Gasteiger charge is -2.22. The Morgan fingerprint density at radius 2 is 1.74 bits per heavy atom. The topological polar surface area (TPSA) is 75.9 Å². The molecule has 1 heterocycles. The number of hydrogen-bond donors (Lipinski definition) is 3. The summed E-state index contributed by atoms with van der Waals surface area (Å²) in [6.45, 7) is 4.13. The highest BCUT2D eigenvalue weighted by Crippen LogP contribution is 2.19. The van der Waals surface area contributed by atoms with E-state index in [0.717, 1.165) is 19.0 Å². The molecule has 1 aromatic heterocycles. The molecule has 0 saturated heterocycles. The van der Waals surface area contributed by atoms with E-state index in [9.17, 15) is 10.2 Å². The van der Waals surface area contributed by atoms with Gasteiger partial charge in [0.25, 0.3) is 0 Å². The van der Waals surface area contributed by atoms with Gasteiger partial charge in [-0.25, -0.2) is 0 Å². The zero-order valence-corrected chi connectivity index (χ0v) is 12.8. The van der Waals surface area contributed by atoms with Crippen LogP contribution in [0.2, 0.25) is 12.6 Å². The van der Waals surface area contributed by atoms with Crippen molar-refractivity contribution in [1.29, 1.82) is 0 Å². The molecule has 0 aliphatic carbocycles. The van der Waals surface area contributed by atoms with Gasteiger partial charge in [0.1, 0.15) is 0 Å². The molecule has 0 fully saturated rings. The van der Waals surface area contributed by atoms with Crippen molar-refractivity contribution in [2.75, 3.05) is 27.3 Å². The highest BCUT2D eigenvalue weighted by Gasteiger charge is 2.27. The van der Waals surface area contributed by atoms with E-state index in [1.807, 2.05) is 6.55 Å². The average Bonchev–Trinajstić information content (AvgIpc) is 2.73. The number of nitrogens with one attached hydrogen (secondary N) is 1. The van der Waals surface area contributed by atoms with Gasteiger partial charge in [0.15, 0.2) is 11.8 Å². The van der Waals surface area contributed by atoms with E-state index in [1.54, 1.807) is 14.2 Å². The predicted octanol–water partition coefficient (Wildman–Crippen LogP) is 1.24.